The normalized spacial score (nSPS) is 13.2. The second-order valence-electron chi connectivity index (χ2n) is 5.53. The molecule has 0 atom stereocenters. The van der Waals surface area contributed by atoms with Gasteiger partial charge in [0.15, 0.2) is 0 Å². The molecule has 0 N–H and O–H groups in total. The number of anilines is 1. The van der Waals surface area contributed by atoms with E-state index in [1.165, 1.54) is 17.7 Å². The molecule has 0 radical (unpaired) electrons. The van der Waals surface area contributed by atoms with Crippen molar-refractivity contribution in [2.24, 2.45) is 0 Å². The predicted molar refractivity (Wildman–Crippen MR) is 86.4 cm³/mol. The summed E-state index contributed by atoms with van der Waals surface area (Å²) in [6.07, 6.45) is 1.89. The lowest BCUT2D eigenvalue weighted by atomic mass is 10.2. The van der Waals surface area contributed by atoms with Crippen LogP contribution in [0.15, 0.2) is 54.7 Å². The quantitative estimate of drug-likeness (QED) is 0.741. The van der Waals surface area contributed by atoms with Gasteiger partial charge in [0.05, 0.1) is 25.5 Å². The summed E-state index contributed by atoms with van der Waals surface area (Å²) in [6, 6.07) is 14.4. The number of hydrogen-bond acceptors (Lipinski definition) is 3. The number of hydrogen-bond donors (Lipinski definition) is 0. The maximum Gasteiger partial charge on any atom is 0.144 e. The number of benzene rings is 2. The Bertz CT molecular complexity index is 842. The van der Waals surface area contributed by atoms with E-state index < -0.39 is 0 Å². The molecule has 5 heteroatoms. The topological polar surface area (TPSA) is 30.3 Å². The molecular weight excluding hydrogens is 293 g/mol. The molecule has 0 unspecified atom stereocenters. The van der Waals surface area contributed by atoms with Crippen LogP contribution >= 0.6 is 0 Å². The van der Waals surface area contributed by atoms with Gasteiger partial charge in [-0.2, -0.15) is 5.10 Å². The van der Waals surface area contributed by atoms with Crippen LogP contribution in [0.4, 0.5) is 10.1 Å². The van der Waals surface area contributed by atoms with E-state index in [1.54, 1.807) is 7.11 Å². The summed E-state index contributed by atoms with van der Waals surface area (Å²) in [5.74, 6) is 0.573. The van der Waals surface area contributed by atoms with E-state index in [2.05, 4.69) is 10.00 Å². The summed E-state index contributed by atoms with van der Waals surface area (Å²) in [5, 5.41) is 4.51. The second kappa shape index (κ2) is 5.43. The van der Waals surface area contributed by atoms with E-state index in [0.717, 1.165) is 35.9 Å². The van der Waals surface area contributed by atoms with Gasteiger partial charge in [-0.15, -0.1) is 0 Å². The zero-order chi connectivity index (χ0) is 15.8. The van der Waals surface area contributed by atoms with Gasteiger partial charge in [-0.25, -0.2) is 9.07 Å². The van der Waals surface area contributed by atoms with E-state index in [4.69, 9.17) is 4.74 Å². The van der Waals surface area contributed by atoms with Gasteiger partial charge in [0.1, 0.15) is 17.3 Å². The zero-order valence-corrected chi connectivity index (χ0v) is 12.7. The van der Waals surface area contributed by atoms with Crippen molar-refractivity contribution in [1.29, 1.82) is 0 Å². The third-order valence-corrected chi connectivity index (χ3v) is 4.16. The predicted octanol–water partition coefficient (Wildman–Crippen LogP) is 3.54. The number of nitrogens with zero attached hydrogens (tertiary/aromatic N) is 3. The fourth-order valence-corrected chi connectivity index (χ4v) is 3.00. The summed E-state index contributed by atoms with van der Waals surface area (Å²) in [6.45, 7) is 1.51. The Morgan fingerprint density at radius 3 is 2.61 bits per heavy atom. The molecule has 0 spiro atoms. The maximum atomic E-state index is 13.1. The molecule has 0 fully saturated rings. The molecule has 1 aliphatic rings. The average molecular weight is 309 g/mol. The van der Waals surface area contributed by atoms with Crippen molar-refractivity contribution in [2.45, 2.75) is 13.1 Å². The molecule has 0 aliphatic carbocycles. The van der Waals surface area contributed by atoms with Gasteiger partial charge in [-0.3, -0.25) is 0 Å². The third kappa shape index (κ3) is 2.34. The van der Waals surface area contributed by atoms with E-state index in [1.807, 2.05) is 47.3 Å². The van der Waals surface area contributed by atoms with Crippen molar-refractivity contribution < 1.29 is 9.13 Å². The van der Waals surface area contributed by atoms with Crippen LogP contribution in [-0.4, -0.2) is 16.9 Å². The fraction of sp³-hybridized carbons (Fsp3) is 0.167. The monoisotopic (exact) mass is 309 g/mol. The molecule has 0 bridgehead atoms. The summed E-state index contributed by atoms with van der Waals surface area (Å²) in [4.78, 5) is 2.21. The number of fused-ring (bicyclic) bond motifs is 1. The maximum absolute atomic E-state index is 13.1. The Morgan fingerprint density at radius 1 is 1.04 bits per heavy atom. The van der Waals surface area contributed by atoms with Crippen LogP contribution in [-0.2, 0) is 13.1 Å². The number of ether oxygens (including phenoxy) is 1. The molecule has 0 saturated heterocycles. The van der Waals surface area contributed by atoms with E-state index in [9.17, 15) is 4.39 Å². The lowest BCUT2D eigenvalue weighted by molar-refractivity contribution is 0.411. The zero-order valence-electron chi connectivity index (χ0n) is 12.7. The molecule has 1 aliphatic heterocycles. The van der Waals surface area contributed by atoms with Crippen molar-refractivity contribution in [3.05, 3.63) is 71.8 Å². The fourth-order valence-electron chi connectivity index (χ4n) is 3.00. The van der Waals surface area contributed by atoms with Gasteiger partial charge in [0, 0.05) is 17.8 Å². The van der Waals surface area contributed by atoms with Gasteiger partial charge < -0.3 is 9.64 Å². The standard InChI is InChI=1S/C18H16FN3O/c1-23-18-5-3-2-4-16(18)22-17-12-21(11-13(17)10-20-22)15-8-6-14(19)7-9-15/h2-10H,11-12H2,1H3. The van der Waals surface area contributed by atoms with Crippen LogP contribution in [0, 0.1) is 5.82 Å². The van der Waals surface area contributed by atoms with Crippen molar-refractivity contribution in [2.75, 3.05) is 12.0 Å². The van der Waals surface area contributed by atoms with Crippen LogP contribution in [0.5, 0.6) is 5.75 Å². The van der Waals surface area contributed by atoms with Gasteiger partial charge >= 0.3 is 0 Å². The Morgan fingerprint density at radius 2 is 1.83 bits per heavy atom. The Kier molecular flexibility index (Phi) is 3.26. The first-order valence-corrected chi connectivity index (χ1v) is 7.46. The summed E-state index contributed by atoms with van der Waals surface area (Å²) in [5.41, 5.74) is 4.26. The molecule has 2 heterocycles. The Hall–Kier alpha value is -2.82. The highest BCUT2D eigenvalue weighted by Crippen LogP contribution is 2.31. The summed E-state index contributed by atoms with van der Waals surface area (Å²) >= 11 is 0. The summed E-state index contributed by atoms with van der Waals surface area (Å²) in [7, 11) is 1.66. The second-order valence-corrected chi connectivity index (χ2v) is 5.53. The molecule has 0 amide bonds. The molecule has 23 heavy (non-hydrogen) atoms. The highest BCUT2D eigenvalue weighted by molar-refractivity contribution is 5.53. The van der Waals surface area contributed by atoms with E-state index in [0.29, 0.717) is 0 Å². The van der Waals surface area contributed by atoms with Gasteiger partial charge in [0.2, 0.25) is 0 Å². The van der Waals surface area contributed by atoms with Crippen LogP contribution in [0.1, 0.15) is 11.3 Å². The molecule has 0 saturated carbocycles. The van der Waals surface area contributed by atoms with Crippen LogP contribution < -0.4 is 9.64 Å². The van der Waals surface area contributed by atoms with Crippen molar-refractivity contribution in [1.82, 2.24) is 9.78 Å². The molecule has 2 aromatic carbocycles. The van der Waals surface area contributed by atoms with Gasteiger partial charge in [-0.05, 0) is 36.4 Å². The average Bonchev–Trinajstić information content (AvgIpc) is 3.16. The van der Waals surface area contributed by atoms with Gasteiger partial charge in [-0.1, -0.05) is 12.1 Å². The highest BCUT2D eigenvalue weighted by atomic mass is 19.1. The number of methoxy groups -OCH3 is 1. The molecule has 3 aromatic rings. The van der Waals surface area contributed by atoms with Crippen molar-refractivity contribution >= 4 is 5.69 Å². The lowest BCUT2D eigenvalue weighted by Gasteiger charge is -2.18. The minimum absolute atomic E-state index is 0.217. The first-order chi connectivity index (χ1) is 11.3. The number of para-hydroxylation sites is 2. The third-order valence-electron chi connectivity index (χ3n) is 4.16. The van der Waals surface area contributed by atoms with Crippen LogP contribution in [0.25, 0.3) is 5.69 Å². The first-order valence-electron chi connectivity index (χ1n) is 7.46. The molecule has 116 valence electrons. The molecule has 1 aromatic heterocycles. The molecule has 4 rings (SSSR count). The summed E-state index contributed by atoms with van der Waals surface area (Å²) < 4.78 is 20.5. The lowest BCUT2D eigenvalue weighted by Crippen LogP contribution is -2.16. The van der Waals surface area contributed by atoms with Gasteiger partial charge in [0.25, 0.3) is 0 Å². The Labute approximate surface area is 133 Å². The number of rotatable bonds is 3. The Balaban J connectivity index is 1.68. The van der Waals surface area contributed by atoms with Crippen molar-refractivity contribution in [3.8, 4) is 11.4 Å². The number of halogens is 1. The van der Waals surface area contributed by atoms with Crippen LogP contribution in [0.3, 0.4) is 0 Å². The highest BCUT2D eigenvalue weighted by Gasteiger charge is 2.25. The minimum atomic E-state index is -0.217. The smallest absolute Gasteiger partial charge is 0.144 e. The largest absolute Gasteiger partial charge is 0.494 e. The SMILES string of the molecule is COc1ccccc1-n1ncc2c1CN(c1ccc(F)cc1)C2. The first kappa shape index (κ1) is 13.8. The minimum Gasteiger partial charge on any atom is -0.494 e. The molecule has 4 nitrogen and oxygen atoms in total. The van der Waals surface area contributed by atoms with Crippen molar-refractivity contribution in [3.63, 3.8) is 0 Å². The number of aromatic nitrogens is 2. The van der Waals surface area contributed by atoms with E-state index in [-0.39, 0.29) is 5.82 Å². The molecular formula is C18H16FN3O. The van der Waals surface area contributed by atoms with Crippen LogP contribution in [0.2, 0.25) is 0 Å². The van der Waals surface area contributed by atoms with E-state index >= 15 is 0 Å².